The van der Waals surface area contributed by atoms with Gasteiger partial charge in [-0.2, -0.15) is 0 Å². The molecular weight excluding hydrogens is 320 g/mol. The largest absolute Gasteiger partial charge is 0.491 e. The molecule has 1 aliphatic rings. The zero-order chi connectivity index (χ0) is 18.1. The molecule has 0 saturated carbocycles. The molecule has 1 fully saturated rings. The van der Waals surface area contributed by atoms with Crippen LogP contribution in [0.25, 0.3) is 0 Å². The summed E-state index contributed by atoms with van der Waals surface area (Å²) in [5.41, 5.74) is 0. The molecule has 1 aromatic rings. The summed E-state index contributed by atoms with van der Waals surface area (Å²) in [4.78, 5) is 13.4. The first kappa shape index (κ1) is 19.5. The number of nitrogens with one attached hydrogen (secondary N) is 1. The van der Waals surface area contributed by atoms with Crippen LogP contribution in [0.5, 0.6) is 5.75 Å². The maximum atomic E-state index is 11.7. The van der Waals surface area contributed by atoms with Gasteiger partial charge in [-0.05, 0) is 51.7 Å². The van der Waals surface area contributed by atoms with Gasteiger partial charge in [0.25, 0.3) is 0 Å². The Morgan fingerprint density at radius 3 is 2.60 bits per heavy atom. The first-order valence-electron chi connectivity index (χ1n) is 9.16. The summed E-state index contributed by atoms with van der Waals surface area (Å²) in [6, 6.07) is 9.94. The highest BCUT2D eigenvalue weighted by Gasteiger charge is 2.24. The summed E-state index contributed by atoms with van der Waals surface area (Å²) in [6.45, 7) is 5.55. The minimum absolute atomic E-state index is 0.0458. The van der Waals surface area contributed by atoms with Crippen molar-refractivity contribution in [1.82, 2.24) is 10.2 Å². The number of carbonyl (C=O) groups excluding carboxylic acids is 1. The van der Waals surface area contributed by atoms with Crippen LogP contribution >= 0.6 is 0 Å². The van der Waals surface area contributed by atoms with Gasteiger partial charge in [0.05, 0.1) is 12.7 Å². The molecule has 6 nitrogen and oxygen atoms in total. The first-order valence-corrected chi connectivity index (χ1v) is 9.16. The second kappa shape index (κ2) is 10.3. The van der Waals surface area contributed by atoms with E-state index in [9.17, 15) is 9.90 Å². The molecule has 1 saturated heterocycles. The monoisotopic (exact) mass is 350 g/mol. The molecule has 25 heavy (non-hydrogen) atoms. The highest BCUT2D eigenvalue weighted by atomic mass is 16.6. The predicted molar refractivity (Wildman–Crippen MR) is 96.5 cm³/mol. The van der Waals surface area contributed by atoms with E-state index < -0.39 is 6.23 Å². The fourth-order valence-electron chi connectivity index (χ4n) is 2.98. The van der Waals surface area contributed by atoms with Gasteiger partial charge in [0.15, 0.2) is 0 Å². The Balaban J connectivity index is 1.62. The van der Waals surface area contributed by atoms with Crippen LogP contribution < -0.4 is 10.1 Å². The minimum Gasteiger partial charge on any atom is -0.491 e. The lowest BCUT2D eigenvalue weighted by Gasteiger charge is -2.33. The van der Waals surface area contributed by atoms with Gasteiger partial charge in [-0.1, -0.05) is 18.2 Å². The Morgan fingerprint density at radius 2 is 1.96 bits per heavy atom. The van der Waals surface area contributed by atoms with Crippen LogP contribution in [0.1, 0.15) is 39.5 Å². The Labute approximate surface area is 150 Å². The number of nitrogens with zero attached hydrogens (tertiary/aromatic N) is 1. The highest BCUT2D eigenvalue weighted by molar-refractivity contribution is 5.67. The molecule has 2 N–H and O–H groups in total. The Bertz CT molecular complexity index is 503. The topological polar surface area (TPSA) is 71.0 Å². The number of hydrogen-bond donors (Lipinski definition) is 2. The van der Waals surface area contributed by atoms with E-state index in [1.165, 1.54) is 0 Å². The summed E-state index contributed by atoms with van der Waals surface area (Å²) in [6.07, 6.45) is 2.30. The molecule has 0 aliphatic carbocycles. The van der Waals surface area contributed by atoms with Gasteiger partial charge >= 0.3 is 6.09 Å². The van der Waals surface area contributed by atoms with Crippen molar-refractivity contribution in [2.45, 2.75) is 57.9 Å². The third kappa shape index (κ3) is 6.92. The second-order valence-corrected chi connectivity index (χ2v) is 6.46. The normalized spacial score (nSPS) is 17.8. The number of ether oxygens (including phenoxy) is 2. The standard InChI is InChI=1S/C19H30N2O4/c1-3-24-19(23)21-13-11-16(12-14-21)20-18(22)10-9-15(2)25-17-7-5-4-6-8-17/h4-8,15-16,18,20,22H,3,9-14H2,1-2H3. The third-order valence-electron chi connectivity index (χ3n) is 4.38. The summed E-state index contributed by atoms with van der Waals surface area (Å²) < 4.78 is 10.8. The van der Waals surface area contributed by atoms with E-state index in [-0.39, 0.29) is 18.2 Å². The van der Waals surface area contributed by atoms with Gasteiger partial charge in [-0.3, -0.25) is 5.32 Å². The third-order valence-corrected chi connectivity index (χ3v) is 4.38. The number of piperidine rings is 1. The number of aliphatic hydroxyl groups excluding tert-OH is 1. The number of likely N-dealkylation sites (tertiary alicyclic amines) is 1. The van der Waals surface area contributed by atoms with Crippen LogP contribution in [0, 0.1) is 0 Å². The molecule has 1 aromatic carbocycles. The minimum atomic E-state index is -0.555. The van der Waals surface area contributed by atoms with Gasteiger partial charge in [-0.15, -0.1) is 0 Å². The molecule has 0 bridgehead atoms. The maximum Gasteiger partial charge on any atom is 0.409 e. The quantitative estimate of drug-likeness (QED) is 0.706. The van der Waals surface area contributed by atoms with Crippen LogP contribution in [0.2, 0.25) is 0 Å². The Morgan fingerprint density at radius 1 is 1.28 bits per heavy atom. The molecule has 2 unspecified atom stereocenters. The zero-order valence-corrected chi connectivity index (χ0v) is 15.2. The average molecular weight is 350 g/mol. The molecule has 140 valence electrons. The zero-order valence-electron chi connectivity index (χ0n) is 15.2. The predicted octanol–water partition coefficient (Wildman–Crippen LogP) is 2.76. The fraction of sp³-hybridized carbons (Fsp3) is 0.632. The van der Waals surface area contributed by atoms with Crippen molar-refractivity contribution in [2.75, 3.05) is 19.7 Å². The van der Waals surface area contributed by atoms with Crippen molar-refractivity contribution in [3.05, 3.63) is 30.3 Å². The van der Waals surface area contributed by atoms with Gasteiger partial charge in [0, 0.05) is 19.1 Å². The molecule has 1 heterocycles. The number of carbonyl (C=O) groups is 1. The summed E-state index contributed by atoms with van der Waals surface area (Å²) in [7, 11) is 0. The smallest absolute Gasteiger partial charge is 0.409 e. The van der Waals surface area contributed by atoms with Crippen molar-refractivity contribution in [1.29, 1.82) is 0 Å². The molecule has 1 aliphatic heterocycles. The molecule has 0 radical (unpaired) electrons. The first-order chi connectivity index (χ1) is 12.1. The van der Waals surface area contributed by atoms with E-state index in [0.29, 0.717) is 26.1 Å². The van der Waals surface area contributed by atoms with Gasteiger partial charge in [0.2, 0.25) is 0 Å². The van der Waals surface area contributed by atoms with E-state index in [2.05, 4.69) is 5.32 Å². The number of rotatable bonds is 8. The molecule has 0 aromatic heterocycles. The van der Waals surface area contributed by atoms with Crippen molar-refractivity contribution >= 4 is 6.09 Å². The summed E-state index contributed by atoms with van der Waals surface area (Å²) in [5, 5.41) is 13.5. The maximum absolute atomic E-state index is 11.7. The number of para-hydroxylation sites is 1. The van der Waals surface area contributed by atoms with E-state index >= 15 is 0 Å². The molecule has 2 atom stereocenters. The van der Waals surface area contributed by atoms with Crippen molar-refractivity contribution < 1.29 is 19.4 Å². The number of aliphatic hydroxyl groups is 1. The lowest BCUT2D eigenvalue weighted by atomic mass is 10.0. The second-order valence-electron chi connectivity index (χ2n) is 6.46. The van der Waals surface area contributed by atoms with E-state index in [1.54, 1.807) is 4.90 Å². The summed E-state index contributed by atoms with van der Waals surface area (Å²) in [5.74, 6) is 0.851. The van der Waals surface area contributed by atoms with Crippen molar-refractivity contribution in [3.63, 3.8) is 0 Å². The molecule has 6 heteroatoms. The van der Waals surface area contributed by atoms with E-state index in [1.807, 2.05) is 44.2 Å². The molecule has 0 spiro atoms. The number of amides is 1. The van der Waals surface area contributed by atoms with Crippen molar-refractivity contribution in [2.24, 2.45) is 0 Å². The Kier molecular flexibility index (Phi) is 8.01. The van der Waals surface area contributed by atoms with Gasteiger partial charge in [-0.25, -0.2) is 4.79 Å². The SMILES string of the molecule is CCOC(=O)N1CCC(NC(O)CCC(C)Oc2ccccc2)CC1. The number of benzene rings is 1. The number of hydrogen-bond acceptors (Lipinski definition) is 5. The van der Waals surface area contributed by atoms with E-state index in [4.69, 9.17) is 9.47 Å². The van der Waals surface area contributed by atoms with E-state index in [0.717, 1.165) is 25.0 Å². The molecular formula is C19H30N2O4. The lowest BCUT2D eigenvalue weighted by Crippen LogP contribution is -2.48. The lowest BCUT2D eigenvalue weighted by molar-refractivity contribution is 0.0691. The van der Waals surface area contributed by atoms with Gasteiger partial charge < -0.3 is 19.5 Å². The van der Waals surface area contributed by atoms with Crippen LogP contribution in [0.3, 0.4) is 0 Å². The van der Waals surface area contributed by atoms with Crippen LogP contribution in [0.15, 0.2) is 30.3 Å². The van der Waals surface area contributed by atoms with Gasteiger partial charge in [0.1, 0.15) is 12.0 Å². The fourth-order valence-corrected chi connectivity index (χ4v) is 2.98. The van der Waals surface area contributed by atoms with Crippen LogP contribution in [0.4, 0.5) is 4.79 Å². The average Bonchev–Trinajstić information content (AvgIpc) is 2.62. The molecule has 2 rings (SSSR count). The van der Waals surface area contributed by atoms with Crippen LogP contribution in [-0.4, -0.2) is 54.2 Å². The summed E-state index contributed by atoms with van der Waals surface area (Å²) >= 11 is 0. The highest BCUT2D eigenvalue weighted by Crippen LogP contribution is 2.15. The molecule has 1 amide bonds. The Hall–Kier alpha value is -1.79. The van der Waals surface area contributed by atoms with Crippen LogP contribution in [-0.2, 0) is 4.74 Å². The van der Waals surface area contributed by atoms with Crippen molar-refractivity contribution in [3.8, 4) is 5.75 Å².